The second-order valence-corrected chi connectivity index (χ2v) is 5.06. The molecule has 0 saturated heterocycles. The number of hydrogen-bond donors (Lipinski definition) is 1. The lowest BCUT2D eigenvalue weighted by Crippen LogP contribution is -2.28. The predicted molar refractivity (Wildman–Crippen MR) is 72.9 cm³/mol. The number of nitrogens with zero attached hydrogens (tertiary/aromatic N) is 3. The molecular formula is C14H19N3O2. The molecule has 1 aromatic rings. The normalized spacial score (nSPS) is 17.4. The van der Waals surface area contributed by atoms with E-state index in [2.05, 4.69) is 10.0 Å². The molecule has 1 N–H and O–H groups in total. The van der Waals surface area contributed by atoms with Crippen molar-refractivity contribution in [2.24, 2.45) is 11.0 Å². The van der Waals surface area contributed by atoms with Crippen molar-refractivity contribution < 1.29 is 9.84 Å². The molecule has 102 valence electrons. The van der Waals surface area contributed by atoms with Crippen molar-refractivity contribution in [2.75, 3.05) is 13.2 Å². The Labute approximate surface area is 112 Å². The van der Waals surface area contributed by atoms with Gasteiger partial charge < -0.3 is 9.84 Å². The highest BCUT2D eigenvalue weighted by molar-refractivity contribution is 5.32. The van der Waals surface area contributed by atoms with E-state index in [1.54, 1.807) is 0 Å². The second-order valence-electron chi connectivity index (χ2n) is 5.06. The fourth-order valence-corrected chi connectivity index (χ4v) is 1.93. The maximum atomic E-state index is 10.5. The Balaban J connectivity index is 2.11. The van der Waals surface area contributed by atoms with Gasteiger partial charge in [0.2, 0.25) is 0 Å². The molecular weight excluding hydrogens is 242 g/mol. The number of ether oxygens (including phenoxy) is 1. The summed E-state index contributed by atoms with van der Waals surface area (Å²) in [4.78, 5) is 2.72. The number of hydrogen-bond acceptors (Lipinski definition) is 3. The number of rotatable bonds is 7. The van der Waals surface area contributed by atoms with Crippen LogP contribution in [-0.4, -0.2) is 18.3 Å². The van der Waals surface area contributed by atoms with Crippen LogP contribution in [0.15, 0.2) is 29.4 Å². The van der Waals surface area contributed by atoms with E-state index in [1.165, 1.54) is 12.8 Å². The first kappa shape index (κ1) is 13.7. The van der Waals surface area contributed by atoms with Crippen molar-refractivity contribution in [3.8, 4) is 5.75 Å². The monoisotopic (exact) mass is 261 g/mol. The Hall–Kier alpha value is -1.71. The van der Waals surface area contributed by atoms with Gasteiger partial charge >= 0.3 is 0 Å². The highest BCUT2D eigenvalue weighted by Gasteiger charge is 2.27. The lowest BCUT2D eigenvalue weighted by molar-refractivity contribution is 0.0417. The first-order valence-electron chi connectivity index (χ1n) is 6.64. The van der Waals surface area contributed by atoms with Gasteiger partial charge in [-0.3, -0.25) is 0 Å². The van der Waals surface area contributed by atoms with Crippen molar-refractivity contribution in [3.05, 3.63) is 40.3 Å². The van der Waals surface area contributed by atoms with Crippen LogP contribution < -0.4 is 4.74 Å². The molecule has 1 aliphatic rings. The van der Waals surface area contributed by atoms with Gasteiger partial charge in [0.05, 0.1) is 18.8 Å². The average molecular weight is 261 g/mol. The summed E-state index contributed by atoms with van der Waals surface area (Å²) in [6, 6.07) is 7.41. The summed E-state index contributed by atoms with van der Waals surface area (Å²) in [6.45, 7) is 2.64. The van der Waals surface area contributed by atoms with Gasteiger partial charge in [0.1, 0.15) is 5.75 Å². The van der Waals surface area contributed by atoms with Crippen LogP contribution in [0.3, 0.4) is 0 Å². The zero-order chi connectivity index (χ0) is 13.7. The topological polar surface area (TPSA) is 78.2 Å². The SMILES string of the molecule is CC[C@@](O)(CN=[N+]=[N-])c1cccc(OCC2CC2)c1. The summed E-state index contributed by atoms with van der Waals surface area (Å²) >= 11 is 0. The molecule has 0 amide bonds. The minimum absolute atomic E-state index is 0.0338. The molecule has 0 aliphatic heterocycles. The lowest BCUT2D eigenvalue weighted by atomic mass is 9.91. The van der Waals surface area contributed by atoms with Crippen LogP contribution >= 0.6 is 0 Å². The smallest absolute Gasteiger partial charge is 0.119 e. The Morgan fingerprint density at radius 1 is 1.53 bits per heavy atom. The summed E-state index contributed by atoms with van der Waals surface area (Å²) in [5.41, 5.74) is 8.01. The molecule has 0 unspecified atom stereocenters. The molecule has 0 bridgehead atoms. The average Bonchev–Trinajstić information content (AvgIpc) is 3.27. The van der Waals surface area contributed by atoms with Crippen LogP contribution in [0.2, 0.25) is 0 Å². The van der Waals surface area contributed by atoms with E-state index in [0.29, 0.717) is 12.3 Å². The van der Waals surface area contributed by atoms with Gasteiger partial charge in [-0.05, 0) is 48.4 Å². The molecule has 0 heterocycles. The molecule has 0 radical (unpaired) electrons. The highest BCUT2D eigenvalue weighted by Crippen LogP contribution is 2.31. The number of aliphatic hydroxyl groups is 1. The van der Waals surface area contributed by atoms with Gasteiger partial charge in [-0.25, -0.2) is 0 Å². The summed E-state index contributed by atoms with van der Waals surface area (Å²) in [5, 5.41) is 14.0. The molecule has 0 aromatic heterocycles. The minimum Gasteiger partial charge on any atom is -0.493 e. The van der Waals surface area contributed by atoms with E-state index >= 15 is 0 Å². The van der Waals surface area contributed by atoms with Crippen molar-refractivity contribution in [1.29, 1.82) is 0 Å². The van der Waals surface area contributed by atoms with Gasteiger partial charge in [-0.2, -0.15) is 0 Å². The lowest BCUT2D eigenvalue weighted by Gasteiger charge is -2.25. The quantitative estimate of drug-likeness (QED) is 0.464. The van der Waals surface area contributed by atoms with E-state index < -0.39 is 5.60 Å². The summed E-state index contributed by atoms with van der Waals surface area (Å²) in [5.74, 6) is 1.45. The second kappa shape index (κ2) is 5.95. The fraction of sp³-hybridized carbons (Fsp3) is 0.571. The Kier molecular flexibility index (Phi) is 4.30. The molecule has 1 saturated carbocycles. The Bertz CT molecular complexity index is 481. The predicted octanol–water partition coefficient (Wildman–Crippen LogP) is 3.38. The van der Waals surface area contributed by atoms with Gasteiger partial charge in [0.25, 0.3) is 0 Å². The Morgan fingerprint density at radius 3 is 2.95 bits per heavy atom. The fourth-order valence-electron chi connectivity index (χ4n) is 1.93. The molecule has 5 heteroatoms. The van der Waals surface area contributed by atoms with Gasteiger partial charge in [-0.15, -0.1) is 0 Å². The van der Waals surface area contributed by atoms with E-state index in [9.17, 15) is 5.11 Å². The zero-order valence-corrected chi connectivity index (χ0v) is 11.1. The molecule has 1 aromatic carbocycles. The molecule has 1 fully saturated rings. The minimum atomic E-state index is -1.12. The third kappa shape index (κ3) is 3.63. The summed E-state index contributed by atoms with van der Waals surface area (Å²) in [7, 11) is 0. The van der Waals surface area contributed by atoms with E-state index in [0.717, 1.165) is 17.9 Å². The molecule has 1 atom stereocenters. The van der Waals surface area contributed by atoms with Gasteiger partial charge in [0, 0.05) is 4.91 Å². The Morgan fingerprint density at radius 2 is 2.32 bits per heavy atom. The van der Waals surface area contributed by atoms with Crippen LogP contribution in [0.5, 0.6) is 5.75 Å². The van der Waals surface area contributed by atoms with Crippen LogP contribution in [0.4, 0.5) is 0 Å². The number of benzene rings is 1. The maximum absolute atomic E-state index is 10.5. The van der Waals surface area contributed by atoms with Crippen molar-refractivity contribution in [2.45, 2.75) is 31.8 Å². The van der Waals surface area contributed by atoms with Crippen LogP contribution in [0.1, 0.15) is 31.7 Å². The molecule has 0 spiro atoms. The van der Waals surface area contributed by atoms with Crippen molar-refractivity contribution >= 4 is 0 Å². The van der Waals surface area contributed by atoms with Crippen LogP contribution in [0, 0.1) is 5.92 Å². The highest BCUT2D eigenvalue weighted by atomic mass is 16.5. The van der Waals surface area contributed by atoms with Crippen molar-refractivity contribution in [3.63, 3.8) is 0 Å². The third-order valence-corrected chi connectivity index (χ3v) is 3.53. The largest absolute Gasteiger partial charge is 0.493 e. The first-order chi connectivity index (χ1) is 9.18. The van der Waals surface area contributed by atoms with Crippen molar-refractivity contribution in [1.82, 2.24) is 0 Å². The van der Waals surface area contributed by atoms with Gasteiger partial charge in [-0.1, -0.05) is 24.2 Å². The van der Waals surface area contributed by atoms with E-state index in [1.807, 2.05) is 31.2 Å². The third-order valence-electron chi connectivity index (χ3n) is 3.53. The van der Waals surface area contributed by atoms with E-state index in [-0.39, 0.29) is 6.54 Å². The maximum Gasteiger partial charge on any atom is 0.119 e. The van der Waals surface area contributed by atoms with Crippen LogP contribution in [0.25, 0.3) is 10.4 Å². The number of azide groups is 1. The summed E-state index contributed by atoms with van der Waals surface area (Å²) in [6.07, 6.45) is 2.98. The molecule has 2 rings (SSSR count). The standard InChI is InChI=1S/C14H19N3O2/c1-2-14(18,10-16-17-15)12-4-3-5-13(8-12)19-9-11-6-7-11/h3-5,8,11,18H,2,6-7,9-10H2,1H3/t14-/m1/s1. The molecule has 5 nitrogen and oxygen atoms in total. The van der Waals surface area contributed by atoms with Gasteiger partial charge in [0.15, 0.2) is 0 Å². The van der Waals surface area contributed by atoms with E-state index in [4.69, 9.17) is 10.3 Å². The first-order valence-corrected chi connectivity index (χ1v) is 6.64. The molecule has 19 heavy (non-hydrogen) atoms. The molecule has 1 aliphatic carbocycles. The summed E-state index contributed by atoms with van der Waals surface area (Å²) < 4.78 is 5.70. The zero-order valence-electron chi connectivity index (χ0n) is 11.1. The van der Waals surface area contributed by atoms with Crippen LogP contribution in [-0.2, 0) is 5.60 Å².